The molecule has 7 heteroatoms. The Morgan fingerprint density at radius 3 is 2.35 bits per heavy atom. The molecule has 1 unspecified atom stereocenters. The summed E-state index contributed by atoms with van der Waals surface area (Å²) in [6, 6.07) is 12.1. The summed E-state index contributed by atoms with van der Waals surface area (Å²) in [5.41, 5.74) is 8.47. The number of benzene rings is 2. The number of nitrogens with two attached hydrogens (primary N) is 1. The van der Waals surface area contributed by atoms with Crippen LogP contribution in [0.5, 0.6) is 0 Å². The molecule has 0 bridgehead atoms. The highest BCUT2D eigenvalue weighted by Gasteiger charge is 2.22. The van der Waals surface area contributed by atoms with Gasteiger partial charge in [-0.15, -0.1) is 0 Å². The zero-order valence-electron chi connectivity index (χ0n) is 12.5. The normalized spacial score (nSPS) is 12.8. The molecule has 0 aliphatic carbocycles. The number of nitrogen functional groups attached to an aromatic ring is 1. The van der Waals surface area contributed by atoms with Crippen molar-refractivity contribution in [2.24, 2.45) is 0 Å². The van der Waals surface area contributed by atoms with E-state index in [4.69, 9.17) is 5.73 Å². The number of rotatable bonds is 5. The van der Waals surface area contributed by atoms with Crippen molar-refractivity contribution in [2.45, 2.75) is 19.0 Å². The molecule has 0 aliphatic rings. The van der Waals surface area contributed by atoms with Gasteiger partial charge in [-0.3, -0.25) is 9.36 Å². The van der Waals surface area contributed by atoms with Gasteiger partial charge in [0.1, 0.15) is 0 Å². The second kappa shape index (κ2) is 6.54. The van der Waals surface area contributed by atoms with E-state index >= 15 is 0 Å². The summed E-state index contributed by atoms with van der Waals surface area (Å²) in [5, 5.41) is 9.24. The van der Waals surface area contributed by atoms with Gasteiger partial charge < -0.3 is 20.6 Å². The number of carboxylic acids is 1. The first-order chi connectivity index (χ1) is 10.7. The number of hydrogen-bond acceptors (Lipinski definition) is 3. The Morgan fingerprint density at radius 1 is 1.22 bits per heavy atom. The van der Waals surface area contributed by atoms with Gasteiger partial charge in [-0.25, -0.2) is 0 Å². The molecule has 0 fully saturated rings. The molecule has 23 heavy (non-hydrogen) atoms. The summed E-state index contributed by atoms with van der Waals surface area (Å²) < 4.78 is 11.3. The molecule has 5 N–H and O–H groups in total. The van der Waals surface area contributed by atoms with E-state index in [0.29, 0.717) is 22.4 Å². The molecule has 0 heterocycles. The number of carbonyl (C=O) groups is 1. The Morgan fingerprint density at radius 2 is 1.83 bits per heavy atom. The van der Waals surface area contributed by atoms with E-state index in [0.717, 1.165) is 5.56 Å². The lowest BCUT2D eigenvalue weighted by atomic mass is 9.91. The van der Waals surface area contributed by atoms with Crippen molar-refractivity contribution in [3.63, 3.8) is 0 Å². The van der Waals surface area contributed by atoms with Crippen LogP contribution in [-0.2, 0) is 15.5 Å². The van der Waals surface area contributed by atoms with Gasteiger partial charge in [0.05, 0.1) is 12.1 Å². The van der Waals surface area contributed by atoms with Crippen molar-refractivity contribution in [1.29, 1.82) is 0 Å². The van der Waals surface area contributed by atoms with Crippen LogP contribution in [0.15, 0.2) is 42.5 Å². The Bertz CT molecular complexity index is 770. The fourth-order valence-corrected chi connectivity index (χ4v) is 3.07. The van der Waals surface area contributed by atoms with E-state index in [2.05, 4.69) is 0 Å². The van der Waals surface area contributed by atoms with Crippen molar-refractivity contribution >= 4 is 19.3 Å². The van der Waals surface area contributed by atoms with Gasteiger partial charge in [0, 0.05) is 11.3 Å². The van der Waals surface area contributed by atoms with Crippen molar-refractivity contribution in [2.75, 3.05) is 5.73 Å². The molecule has 0 saturated carbocycles. The predicted octanol–water partition coefficient (Wildman–Crippen LogP) is 2.80. The summed E-state index contributed by atoms with van der Waals surface area (Å²) in [7, 11) is -4.28. The number of anilines is 1. The summed E-state index contributed by atoms with van der Waals surface area (Å²) in [6.07, 6.45) is -0.466. The second-order valence-corrected chi connectivity index (χ2v) is 7.04. The largest absolute Gasteiger partial charge is 0.481 e. The van der Waals surface area contributed by atoms with Crippen LogP contribution in [-0.4, -0.2) is 20.9 Å². The molecule has 0 aromatic heterocycles. The Balaban J connectivity index is 2.65. The highest BCUT2D eigenvalue weighted by atomic mass is 31.2. The molecule has 2 rings (SSSR count). The van der Waals surface area contributed by atoms with Crippen LogP contribution in [0.25, 0.3) is 11.1 Å². The van der Waals surface area contributed by atoms with Crippen LogP contribution in [0.3, 0.4) is 0 Å². The number of carboxylic acid groups (broad SMARTS) is 1. The lowest BCUT2D eigenvalue weighted by Crippen LogP contribution is -2.11. The monoisotopic (exact) mass is 335 g/mol. The summed E-state index contributed by atoms with van der Waals surface area (Å²) in [4.78, 5) is 29.7. The first-order valence-corrected chi connectivity index (χ1v) is 8.74. The van der Waals surface area contributed by atoms with E-state index in [1.807, 2.05) is 30.3 Å². The molecule has 0 aliphatic heterocycles. The Labute approximate surface area is 133 Å². The average molecular weight is 335 g/mol. The molecule has 0 radical (unpaired) electrons. The average Bonchev–Trinajstić information content (AvgIpc) is 2.47. The quantitative estimate of drug-likeness (QED) is 0.492. The van der Waals surface area contributed by atoms with Crippen LogP contribution in [0.1, 0.15) is 24.0 Å². The first kappa shape index (κ1) is 17.2. The van der Waals surface area contributed by atoms with Gasteiger partial charge in [-0.1, -0.05) is 36.4 Å². The molecule has 1 atom stereocenters. The number of aliphatic carboxylic acids is 1. The first-order valence-electron chi connectivity index (χ1n) is 6.94. The molecule has 122 valence electrons. The minimum atomic E-state index is -4.28. The fraction of sp³-hybridized carbons (Fsp3) is 0.188. The molecule has 2 aromatic rings. The minimum Gasteiger partial charge on any atom is -0.481 e. The third-order valence-corrected chi connectivity index (χ3v) is 4.36. The van der Waals surface area contributed by atoms with Gasteiger partial charge in [0.25, 0.3) is 0 Å². The number of hydrogen-bond donors (Lipinski definition) is 4. The summed E-state index contributed by atoms with van der Waals surface area (Å²) >= 11 is 0. The van der Waals surface area contributed by atoms with Gasteiger partial charge in [-0.05, 0) is 29.7 Å². The minimum absolute atomic E-state index is 0.306. The SMILES string of the molecule is CC(C(=O)O)c1cc(CP(=O)(O)O)cc(-c2ccccc2)c1N. The highest BCUT2D eigenvalue weighted by molar-refractivity contribution is 7.50. The van der Waals surface area contributed by atoms with Gasteiger partial charge in [0.15, 0.2) is 0 Å². The van der Waals surface area contributed by atoms with Crippen LogP contribution in [0.2, 0.25) is 0 Å². The van der Waals surface area contributed by atoms with E-state index in [1.54, 1.807) is 6.07 Å². The van der Waals surface area contributed by atoms with Gasteiger partial charge >= 0.3 is 13.6 Å². The van der Waals surface area contributed by atoms with Crippen molar-refractivity contribution < 1.29 is 24.3 Å². The fourth-order valence-electron chi connectivity index (χ4n) is 2.41. The lowest BCUT2D eigenvalue weighted by molar-refractivity contribution is -0.138. The molecule has 2 aromatic carbocycles. The lowest BCUT2D eigenvalue weighted by Gasteiger charge is -2.17. The maximum Gasteiger partial charge on any atom is 0.329 e. The third kappa shape index (κ3) is 4.20. The smallest absolute Gasteiger partial charge is 0.329 e. The molecular weight excluding hydrogens is 317 g/mol. The molecule has 0 spiro atoms. The zero-order valence-corrected chi connectivity index (χ0v) is 13.4. The topological polar surface area (TPSA) is 121 Å². The van der Waals surface area contributed by atoms with Crippen LogP contribution < -0.4 is 5.73 Å². The maximum atomic E-state index is 11.3. The van der Waals surface area contributed by atoms with E-state index in [1.165, 1.54) is 13.0 Å². The molecule has 0 amide bonds. The van der Waals surface area contributed by atoms with E-state index < -0.39 is 25.6 Å². The van der Waals surface area contributed by atoms with Crippen LogP contribution in [0, 0.1) is 0 Å². The summed E-state index contributed by atoms with van der Waals surface area (Å²) in [6.45, 7) is 1.49. The predicted molar refractivity (Wildman–Crippen MR) is 88.1 cm³/mol. The molecule has 6 nitrogen and oxygen atoms in total. The van der Waals surface area contributed by atoms with Crippen molar-refractivity contribution in [1.82, 2.24) is 0 Å². The molecular formula is C16H18NO5P. The Kier molecular flexibility index (Phi) is 4.90. The third-order valence-electron chi connectivity index (χ3n) is 3.58. The van der Waals surface area contributed by atoms with Gasteiger partial charge in [-0.2, -0.15) is 0 Å². The van der Waals surface area contributed by atoms with Crippen LogP contribution in [0.4, 0.5) is 5.69 Å². The van der Waals surface area contributed by atoms with E-state index in [9.17, 15) is 24.3 Å². The standard InChI is InChI=1S/C16H18NO5P/c1-10(16(18)19)13-7-11(9-23(20,21)22)8-14(15(13)17)12-5-3-2-4-6-12/h2-8,10H,9,17H2,1H3,(H,18,19)(H2,20,21,22). The second-order valence-electron chi connectivity index (χ2n) is 5.40. The Hall–Kier alpha value is -2.14. The summed E-state index contributed by atoms with van der Waals surface area (Å²) in [5.74, 6) is -1.93. The van der Waals surface area contributed by atoms with Gasteiger partial charge in [0.2, 0.25) is 0 Å². The van der Waals surface area contributed by atoms with Crippen molar-refractivity contribution in [3.05, 3.63) is 53.6 Å². The maximum absolute atomic E-state index is 11.3. The van der Waals surface area contributed by atoms with Crippen molar-refractivity contribution in [3.8, 4) is 11.1 Å². The van der Waals surface area contributed by atoms with Crippen LogP contribution >= 0.6 is 7.60 Å². The zero-order chi connectivity index (χ0) is 17.2. The molecule has 0 saturated heterocycles. The van der Waals surface area contributed by atoms with E-state index in [-0.39, 0.29) is 0 Å². The highest BCUT2D eigenvalue weighted by Crippen LogP contribution is 2.42.